The number of hydrogen-bond donors (Lipinski definition) is 4. The molecule has 1 unspecified atom stereocenters. The van der Waals surface area contributed by atoms with Gasteiger partial charge in [-0.05, 0) is 83.7 Å². The Bertz CT molecular complexity index is 1260. The van der Waals surface area contributed by atoms with Gasteiger partial charge < -0.3 is 25.6 Å². The first kappa shape index (κ1) is 29.1. The Balaban J connectivity index is 1.69. The van der Waals surface area contributed by atoms with E-state index in [1.165, 1.54) is 0 Å². The molecule has 0 spiro atoms. The molecular formula is C28H35N7O4. The summed E-state index contributed by atoms with van der Waals surface area (Å²) >= 11 is 0. The Hall–Kier alpha value is -4.51. The molecule has 1 aromatic carbocycles. The van der Waals surface area contributed by atoms with Crippen molar-refractivity contribution in [2.75, 3.05) is 36.6 Å². The zero-order valence-corrected chi connectivity index (χ0v) is 22.8. The molecule has 2 aromatic heterocycles. The number of ether oxygens (including phenoxy) is 1. The van der Waals surface area contributed by atoms with Crippen molar-refractivity contribution >= 4 is 35.1 Å². The third-order valence-electron chi connectivity index (χ3n) is 5.32. The maximum absolute atomic E-state index is 12.9. The molecule has 0 bridgehead atoms. The van der Waals surface area contributed by atoms with Crippen LogP contribution in [0.15, 0.2) is 67.1 Å². The summed E-state index contributed by atoms with van der Waals surface area (Å²) in [6.45, 7) is 6.03. The molecule has 4 amide bonds. The molecule has 3 aromatic rings. The van der Waals surface area contributed by atoms with Crippen LogP contribution in [-0.4, -0.2) is 59.1 Å². The highest BCUT2D eigenvalue weighted by Gasteiger charge is 2.19. The number of aromatic nitrogens is 2. The summed E-state index contributed by atoms with van der Waals surface area (Å²) in [6.07, 6.45) is 4.76. The fourth-order valence-corrected chi connectivity index (χ4v) is 3.52. The van der Waals surface area contributed by atoms with Gasteiger partial charge in [0.15, 0.2) is 0 Å². The third-order valence-corrected chi connectivity index (χ3v) is 5.32. The quantitative estimate of drug-likeness (QED) is 0.307. The van der Waals surface area contributed by atoms with Crippen LogP contribution >= 0.6 is 0 Å². The normalized spacial score (nSPS) is 11.8. The van der Waals surface area contributed by atoms with Crippen molar-refractivity contribution < 1.29 is 19.1 Å². The highest BCUT2D eigenvalue weighted by Crippen LogP contribution is 2.23. The van der Waals surface area contributed by atoms with Crippen LogP contribution in [0.2, 0.25) is 0 Å². The van der Waals surface area contributed by atoms with Crippen LogP contribution in [0.1, 0.15) is 49.3 Å². The van der Waals surface area contributed by atoms with E-state index in [-0.39, 0.29) is 17.8 Å². The molecule has 0 aliphatic carbocycles. The Morgan fingerprint density at radius 1 is 0.923 bits per heavy atom. The number of pyridine rings is 2. The summed E-state index contributed by atoms with van der Waals surface area (Å²) < 4.78 is 5.30. The van der Waals surface area contributed by atoms with Crippen LogP contribution in [0.3, 0.4) is 0 Å². The minimum atomic E-state index is -0.660. The van der Waals surface area contributed by atoms with Gasteiger partial charge in [0.25, 0.3) is 5.91 Å². The number of nitrogens with zero attached hydrogens (tertiary/aromatic N) is 3. The Morgan fingerprint density at radius 2 is 1.64 bits per heavy atom. The molecular weight excluding hydrogens is 498 g/mol. The molecule has 0 radical (unpaired) electrons. The van der Waals surface area contributed by atoms with Crippen LogP contribution in [0, 0.1) is 0 Å². The molecule has 2 heterocycles. The molecule has 11 nitrogen and oxygen atoms in total. The molecule has 206 valence electrons. The van der Waals surface area contributed by atoms with Crippen molar-refractivity contribution in [3.8, 4) is 0 Å². The summed E-state index contributed by atoms with van der Waals surface area (Å²) in [4.78, 5) is 48.1. The number of anilines is 3. The maximum atomic E-state index is 12.9. The summed E-state index contributed by atoms with van der Waals surface area (Å²) in [5, 5.41) is 11.2. The van der Waals surface area contributed by atoms with E-state index in [4.69, 9.17) is 4.74 Å². The number of urea groups is 1. The first-order valence-electron chi connectivity index (χ1n) is 12.5. The van der Waals surface area contributed by atoms with Gasteiger partial charge in [0.2, 0.25) is 0 Å². The van der Waals surface area contributed by atoms with Gasteiger partial charge in [0, 0.05) is 12.4 Å². The summed E-state index contributed by atoms with van der Waals surface area (Å²) in [7, 11) is 3.90. The molecule has 0 aliphatic heterocycles. The maximum Gasteiger partial charge on any atom is 0.412 e. The monoisotopic (exact) mass is 533 g/mol. The van der Waals surface area contributed by atoms with Gasteiger partial charge in [0.1, 0.15) is 11.3 Å². The minimum absolute atomic E-state index is 0.178. The molecule has 0 fully saturated rings. The van der Waals surface area contributed by atoms with Gasteiger partial charge in [-0.15, -0.1) is 0 Å². The van der Waals surface area contributed by atoms with Crippen LogP contribution in [-0.2, 0) is 4.74 Å². The fraction of sp³-hybridized carbons (Fsp3) is 0.321. The Kier molecular flexibility index (Phi) is 9.93. The van der Waals surface area contributed by atoms with Crippen LogP contribution in [0.4, 0.5) is 26.7 Å². The number of amides is 4. The van der Waals surface area contributed by atoms with Gasteiger partial charge in [-0.3, -0.25) is 20.1 Å². The highest BCUT2D eigenvalue weighted by atomic mass is 16.6. The lowest BCUT2D eigenvalue weighted by Crippen LogP contribution is -2.34. The van der Waals surface area contributed by atoms with Crippen molar-refractivity contribution in [1.29, 1.82) is 0 Å². The average molecular weight is 534 g/mol. The SMILES string of the molecule is CN(C)CCC(NC(=O)Nc1cccnc1)c1ccc(C(=O)Nc2ccccc2NC(=O)OC(C)(C)C)nc1. The molecule has 11 heteroatoms. The highest BCUT2D eigenvalue weighted by molar-refractivity contribution is 6.05. The molecule has 39 heavy (non-hydrogen) atoms. The van der Waals surface area contributed by atoms with Crippen molar-refractivity contribution in [3.63, 3.8) is 0 Å². The van der Waals surface area contributed by atoms with E-state index in [1.807, 2.05) is 19.0 Å². The molecule has 3 rings (SSSR count). The average Bonchev–Trinajstić information content (AvgIpc) is 2.87. The predicted molar refractivity (Wildman–Crippen MR) is 151 cm³/mol. The minimum Gasteiger partial charge on any atom is -0.444 e. The second-order valence-electron chi connectivity index (χ2n) is 10.1. The fourth-order valence-electron chi connectivity index (χ4n) is 3.52. The van der Waals surface area contributed by atoms with Crippen molar-refractivity contribution in [3.05, 3.63) is 78.4 Å². The Morgan fingerprint density at radius 3 is 2.23 bits per heavy atom. The number of benzene rings is 1. The summed E-state index contributed by atoms with van der Waals surface area (Å²) in [5.41, 5.74) is 1.64. The molecule has 0 aliphatic rings. The Labute approximate surface area is 228 Å². The van der Waals surface area contributed by atoms with Gasteiger partial charge in [-0.2, -0.15) is 0 Å². The summed E-state index contributed by atoms with van der Waals surface area (Å²) in [6, 6.07) is 12.9. The first-order valence-corrected chi connectivity index (χ1v) is 12.5. The number of hydrogen-bond acceptors (Lipinski definition) is 7. The first-order chi connectivity index (χ1) is 18.5. The van der Waals surface area contributed by atoms with Crippen molar-refractivity contribution in [2.45, 2.75) is 38.8 Å². The van der Waals surface area contributed by atoms with E-state index in [2.05, 4.69) is 31.2 Å². The van der Waals surface area contributed by atoms with E-state index < -0.39 is 17.6 Å². The standard InChI is InChI=1S/C28H35N7O4/c1-28(2,3)39-27(38)34-23-11-7-6-10-22(23)32-25(36)24-13-12-19(17-30-24)21(14-16-35(4)5)33-26(37)31-20-9-8-15-29-18-20/h6-13,15,17-18,21H,14,16H2,1-5H3,(H,32,36)(H,34,38)(H2,31,33,37). The van der Waals surface area contributed by atoms with Crippen molar-refractivity contribution in [2.24, 2.45) is 0 Å². The predicted octanol–water partition coefficient (Wildman–Crippen LogP) is 4.89. The number of rotatable bonds is 9. The lowest BCUT2D eigenvalue weighted by Gasteiger charge is -2.21. The van der Waals surface area contributed by atoms with E-state index >= 15 is 0 Å². The van der Waals surface area contributed by atoms with E-state index in [1.54, 1.807) is 87.9 Å². The zero-order valence-electron chi connectivity index (χ0n) is 22.8. The smallest absolute Gasteiger partial charge is 0.412 e. The lowest BCUT2D eigenvalue weighted by atomic mass is 10.1. The molecule has 0 saturated heterocycles. The number of nitrogens with one attached hydrogen (secondary N) is 4. The molecule has 0 saturated carbocycles. The third kappa shape index (κ3) is 9.71. The van der Waals surface area contributed by atoms with E-state index in [9.17, 15) is 14.4 Å². The second-order valence-corrected chi connectivity index (χ2v) is 10.1. The summed E-state index contributed by atoms with van der Waals surface area (Å²) in [5.74, 6) is -0.452. The van der Waals surface area contributed by atoms with Crippen LogP contribution < -0.4 is 21.3 Å². The van der Waals surface area contributed by atoms with Gasteiger partial charge in [0.05, 0.1) is 29.3 Å². The molecule has 4 N–H and O–H groups in total. The van der Waals surface area contributed by atoms with Gasteiger partial charge >= 0.3 is 12.1 Å². The van der Waals surface area contributed by atoms with E-state index in [0.29, 0.717) is 23.5 Å². The van der Waals surface area contributed by atoms with Crippen LogP contribution in [0.5, 0.6) is 0 Å². The van der Waals surface area contributed by atoms with Gasteiger partial charge in [-0.25, -0.2) is 9.59 Å². The van der Waals surface area contributed by atoms with E-state index in [0.717, 1.165) is 12.1 Å². The second kappa shape index (κ2) is 13.3. The zero-order chi connectivity index (χ0) is 28.4. The number of para-hydroxylation sites is 2. The lowest BCUT2D eigenvalue weighted by molar-refractivity contribution is 0.0635. The number of carbonyl (C=O) groups is 3. The van der Waals surface area contributed by atoms with Crippen LogP contribution in [0.25, 0.3) is 0 Å². The van der Waals surface area contributed by atoms with Crippen molar-refractivity contribution in [1.82, 2.24) is 20.2 Å². The largest absolute Gasteiger partial charge is 0.444 e. The molecule has 1 atom stereocenters. The topological polar surface area (TPSA) is 138 Å². The number of carbonyl (C=O) groups excluding carboxylic acids is 3. The van der Waals surface area contributed by atoms with Gasteiger partial charge in [-0.1, -0.05) is 18.2 Å².